The van der Waals surface area contributed by atoms with E-state index in [1.807, 2.05) is 0 Å². The van der Waals surface area contributed by atoms with Crippen LogP contribution in [0.5, 0.6) is 11.6 Å². The van der Waals surface area contributed by atoms with Crippen LogP contribution in [0.4, 0.5) is 23.4 Å². The van der Waals surface area contributed by atoms with E-state index in [0.29, 0.717) is 12.1 Å². The highest BCUT2D eigenvalue weighted by atomic mass is 19.4. The molecule has 3 N–H and O–H groups in total. The third-order valence-electron chi connectivity index (χ3n) is 2.23. The molecule has 20 heavy (non-hydrogen) atoms. The Morgan fingerprint density at radius 3 is 2.60 bits per heavy atom. The van der Waals surface area contributed by atoms with E-state index in [2.05, 4.69) is 15.4 Å². The number of nitrogens with one attached hydrogen (secondary N) is 1. The summed E-state index contributed by atoms with van der Waals surface area (Å²) in [6, 6.07) is 2.25. The van der Waals surface area contributed by atoms with Gasteiger partial charge < -0.3 is 10.2 Å². The lowest BCUT2D eigenvalue weighted by atomic mass is 10.2. The second kappa shape index (κ2) is 5.29. The normalized spacial score (nSPS) is 11.2. The number of hydrogen-bond donors (Lipinski definition) is 2. The number of hydrogen-bond acceptors (Lipinski definition) is 5. The minimum atomic E-state index is -4.81. The Balaban J connectivity index is 2.30. The molecule has 2 aromatic rings. The van der Waals surface area contributed by atoms with Crippen LogP contribution in [0.1, 0.15) is 5.56 Å². The van der Waals surface area contributed by atoms with Crippen LogP contribution >= 0.6 is 0 Å². The molecular weight excluding hydrogens is 280 g/mol. The molecule has 2 rings (SSSR count). The van der Waals surface area contributed by atoms with Gasteiger partial charge in [0.05, 0.1) is 18.0 Å². The SMILES string of the molecule is NNc1cncc(Oc2ccc(F)c(C(F)(F)F)c2)n1. The average molecular weight is 288 g/mol. The Morgan fingerprint density at radius 2 is 1.95 bits per heavy atom. The summed E-state index contributed by atoms with van der Waals surface area (Å²) in [5, 5.41) is 0. The molecule has 9 heteroatoms. The van der Waals surface area contributed by atoms with E-state index < -0.39 is 17.6 Å². The molecule has 0 amide bonds. The smallest absolute Gasteiger partial charge is 0.419 e. The predicted molar refractivity (Wildman–Crippen MR) is 61.3 cm³/mol. The Bertz CT molecular complexity index is 618. The highest BCUT2D eigenvalue weighted by Gasteiger charge is 2.34. The van der Waals surface area contributed by atoms with Crippen molar-refractivity contribution in [2.24, 2.45) is 5.84 Å². The summed E-state index contributed by atoms with van der Waals surface area (Å²) in [4.78, 5) is 7.52. The summed E-state index contributed by atoms with van der Waals surface area (Å²) in [5.41, 5.74) is 0.784. The van der Waals surface area contributed by atoms with Gasteiger partial charge in [-0.2, -0.15) is 18.2 Å². The lowest BCUT2D eigenvalue weighted by Gasteiger charge is -2.10. The first-order chi connectivity index (χ1) is 9.40. The van der Waals surface area contributed by atoms with Gasteiger partial charge in [0.25, 0.3) is 0 Å². The van der Waals surface area contributed by atoms with Gasteiger partial charge in [-0.15, -0.1) is 0 Å². The second-order valence-corrected chi connectivity index (χ2v) is 3.63. The monoisotopic (exact) mass is 288 g/mol. The molecular formula is C11H8F4N4O. The molecule has 0 aliphatic rings. The van der Waals surface area contributed by atoms with Crippen molar-refractivity contribution in [2.45, 2.75) is 6.18 Å². The molecule has 106 valence electrons. The molecule has 0 fully saturated rings. The molecule has 5 nitrogen and oxygen atoms in total. The third kappa shape index (κ3) is 3.12. The Morgan fingerprint density at radius 1 is 1.20 bits per heavy atom. The van der Waals surface area contributed by atoms with E-state index in [1.165, 1.54) is 12.4 Å². The van der Waals surface area contributed by atoms with Crippen molar-refractivity contribution in [3.05, 3.63) is 42.0 Å². The highest BCUT2D eigenvalue weighted by molar-refractivity contribution is 5.36. The fourth-order valence-electron chi connectivity index (χ4n) is 1.37. The van der Waals surface area contributed by atoms with Gasteiger partial charge in [0, 0.05) is 0 Å². The number of hydrazine groups is 1. The summed E-state index contributed by atoms with van der Waals surface area (Å²) >= 11 is 0. The van der Waals surface area contributed by atoms with E-state index in [0.717, 1.165) is 6.07 Å². The zero-order valence-corrected chi connectivity index (χ0v) is 9.78. The van der Waals surface area contributed by atoms with Crippen LogP contribution in [0.3, 0.4) is 0 Å². The van der Waals surface area contributed by atoms with Crippen molar-refractivity contribution < 1.29 is 22.3 Å². The van der Waals surface area contributed by atoms with Crippen LogP contribution in [-0.2, 0) is 6.18 Å². The fraction of sp³-hybridized carbons (Fsp3) is 0.0909. The molecule has 0 bridgehead atoms. The topological polar surface area (TPSA) is 73.1 Å². The molecule has 0 radical (unpaired) electrons. The molecule has 0 saturated heterocycles. The van der Waals surface area contributed by atoms with Gasteiger partial charge in [-0.05, 0) is 18.2 Å². The number of ether oxygens (including phenoxy) is 1. The van der Waals surface area contributed by atoms with Crippen LogP contribution in [0.2, 0.25) is 0 Å². The Kier molecular flexibility index (Phi) is 3.70. The number of benzene rings is 1. The van der Waals surface area contributed by atoms with E-state index in [4.69, 9.17) is 10.6 Å². The molecule has 0 spiro atoms. The molecule has 1 aromatic heterocycles. The van der Waals surface area contributed by atoms with Crippen molar-refractivity contribution in [3.63, 3.8) is 0 Å². The van der Waals surface area contributed by atoms with Crippen molar-refractivity contribution in [2.75, 3.05) is 5.43 Å². The lowest BCUT2D eigenvalue weighted by molar-refractivity contribution is -0.140. The third-order valence-corrected chi connectivity index (χ3v) is 2.23. The van der Waals surface area contributed by atoms with Gasteiger partial charge in [0.15, 0.2) is 5.82 Å². The number of nitrogens with zero attached hydrogens (tertiary/aromatic N) is 2. The minimum Gasteiger partial charge on any atom is -0.437 e. The average Bonchev–Trinajstić information content (AvgIpc) is 2.40. The van der Waals surface area contributed by atoms with E-state index >= 15 is 0 Å². The summed E-state index contributed by atoms with van der Waals surface area (Å²) in [6.07, 6.45) is -2.34. The first-order valence-corrected chi connectivity index (χ1v) is 5.23. The van der Waals surface area contributed by atoms with Gasteiger partial charge in [-0.25, -0.2) is 10.2 Å². The maximum Gasteiger partial charge on any atom is 0.419 e. The molecule has 0 saturated carbocycles. The number of alkyl halides is 3. The maximum atomic E-state index is 13.1. The first-order valence-electron chi connectivity index (χ1n) is 5.23. The largest absolute Gasteiger partial charge is 0.437 e. The van der Waals surface area contributed by atoms with Gasteiger partial charge in [-0.3, -0.25) is 4.98 Å². The zero-order chi connectivity index (χ0) is 14.8. The van der Waals surface area contributed by atoms with Crippen LogP contribution in [0.25, 0.3) is 0 Å². The van der Waals surface area contributed by atoms with Crippen molar-refractivity contribution in [1.29, 1.82) is 0 Å². The molecule has 1 heterocycles. The molecule has 0 atom stereocenters. The summed E-state index contributed by atoms with van der Waals surface area (Å²) < 4.78 is 55.8. The highest BCUT2D eigenvalue weighted by Crippen LogP contribution is 2.34. The van der Waals surface area contributed by atoms with Crippen molar-refractivity contribution in [1.82, 2.24) is 9.97 Å². The summed E-state index contributed by atoms with van der Waals surface area (Å²) in [5.74, 6) is 3.59. The van der Waals surface area contributed by atoms with Crippen molar-refractivity contribution in [3.8, 4) is 11.6 Å². The molecule has 0 aliphatic carbocycles. The maximum absolute atomic E-state index is 13.1. The molecule has 1 aromatic carbocycles. The Hall–Kier alpha value is -2.42. The van der Waals surface area contributed by atoms with Crippen LogP contribution in [0.15, 0.2) is 30.6 Å². The lowest BCUT2D eigenvalue weighted by Crippen LogP contribution is -2.09. The zero-order valence-electron chi connectivity index (χ0n) is 9.78. The number of rotatable bonds is 3. The number of anilines is 1. The van der Waals surface area contributed by atoms with E-state index in [-0.39, 0.29) is 17.4 Å². The van der Waals surface area contributed by atoms with Gasteiger partial charge in [0.1, 0.15) is 11.6 Å². The minimum absolute atomic E-state index is 0.0832. The van der Waals surface area contributed by atoms with E-state index in [1.54, 1.807) is 0 Å². The second-order valence-electron chi connectivity index (χ2n) is 3.63. The van der Waals surface area contributed by atoms with Crippen LogP contribution in [0, 0.1) is 5.82 Å². The number of nitrogen functional groups attached to an aromatic ring is 1. The predicted octanol–water partition coefficient (Wildman–Crippen LogP) is 2.71. The Labute approximate surface area is 110 Å². The number of nitrogens with two attached hydrogens (primary N) is 1. The quantitative estimate of drug-likeness (QED) is 0.516. The molecule has 0 aliphatic heterocycles. The number of aromatic nitrogens is 2. The fourth-order valence-corrected chi connectivity index (χ4v) is 1.37. The van der Waals surface area contributed by atoms with Gasteiger partial charge >= 0.3 is 6.18 Å². The summed E-state index contributed by atoms with van der Waals surface area (Å²) in [7, 11) is 0. The van der Waals surface area contributed by atoms with Gasteiger partial charge in [0.2, 0.25) is 5.88 Å². The molecule has 0 unspecified atom stereocenters. The van der Waals surface area contributed by atoms with Gasteiger partial charge in [-0.1, -0.05) is 0 Å². The van der Waals surface area contributed by atoms with E-state index in [9.17, 15) is 17.6 Å². The standard InChI is InChI=1S/C11H8F4N4O/c12-8-2-1-6(3-7(8)11(13,14)15)20-10-5-17-4-9(18-10)19-16/h1-5H,16H2,(H,18,19). The first kappa shape index (κ1) is 14.0. The summed E-state index contributed by atoms with van der Waals surface area (Å²) in [6.45, 7) is 0. The van der Waals surface area contributed by atoms with Crippen molar-refractivity contribution >= 4 is 5.82 Å². The van der Waals surface area contributed by atoms with Crippen LogP contribution in [-0.4, -0.2) is 9.97 Å². The van der Waals surface area contributed by atoms with Crippen LogP contribution < -0.4 is 16.0 Å². The number of halogens is 4.